The second-order valence-corrected chi connectivity index (χ2v) is 6.86. The molecule has 0 amide bonds. The molecule has 146 valence electrons. The van der Waals surface area contributed by atoms with E-state index in [-0.39, 0.29) is 24.4 Å². The summed E-state index contributed by atoms with van der Waals surface area (Å²) in [5, 5.41) is 0. The Balaban J connectivity index is 1.53. The van der Waals surface area contributed by atoms with Gasteiger partial charge >= 0.3 is 0 Å². The first-order valence-corrected chi connectivity index (χ1v) is 9.84. The van der Waals surface area contributed by atoms with Gasteiger partial charge in [-0.3, -0.25) is 19.2 Å². The normalized spacial score (nSPS) is 10.4. The van der Waals surface area contributed by atoms with Gasteiger partial charge < -0.3 is 0 Å². The van der Waals surface area contributed by atoms with Gasteiger partial charge in [0.15, 0.2) is 0 Å². The molecule has 4 nitrogen and oxygen atoms in total. The molecule has 0 saturated heterocycles. The van der Waals surface area contributed by atoms with Crippen LogP contribution in [0.4, 0.5) is 0 Å². The predicted octanol–water partition coefficient (Wildman–Crippen LogP) is 5.01. The lowest BCUT2D eigenvalue weighted by Crippen LogP contribution is -2.13. The second kappa shape index (κ2) is 11.8. The van der Waals surface area contributed by atoms with E-state index in [0.717, 1.165) is 25.7 Å². The van der Waals surface area contributed by atoms with Crippen molar-refractivity contribution in [3.63, 3.8) is 0 Å². The number of unbranched alkanes of at least 4 members (excludes halogenated alkanes) is 5. The minimum Gasteiger partial charge on any atom is -0.290 e. The third-order valence-electron chi connectivity index (χ3n) is 4.64. The van der Waals surface area contributed by atoms with Gasteiger partial charge in [0, 0.05) is 24.0 Å². The number of ketones is 4. The highest BCUT2D eigenvalue weighted by atomic mass is 16.2. The monoisotopic (exact) mass is 378 g/mol. The highest BCUT2D eigenvalue weighted by Gasteiger charge is 2.16. The first-order valence-electron chi connectivity index (χ1n) is 9.84. The lowest BCUT2D eigenvalue weighted by Gasteiger charge is -2.03. The van der Waals surface area contributed by atoms with Crippen LogP contribution < -0.4 is 0 Å². The summed E-state index contributed by atoms with van der Waals surface area (Å²) in [4.78, 5) is 47.8. The van der Waals surface area contributed by atoms with Gasteiger partial charge in [-0.2, -0.15) is 0 Å². The van der Waals surface area contributed by atoms with E-state index in [0.29, 0.717) is 24.0 Å². The van der Waals surface area contributed by atoms with E-state index < -0.39 is 11.6 Å². The highest BCUT2D eigenvalue weighted by molar-refractivity contribution is 6.44. The van der Waals surface area contributed by atoms with Crippen LogP contribution in [0.3, 0.4) is 0 Å². The van der Waals surface area contributed by atoms with E-state index in [4.69, 9.17) is 0 Å². The Labute approximate surface area is 166 Å². The molecule has 0 fully saturated rings. The molecular weight excluding hydrogens is 352 g/mol. The summed E-state index contributed by atoms with van der Waals surface area (Å²) in [6, 6.07) is 17.2. The Bertz CT molecular complexity index is 724. The van der Waals surface area contributed by atoms with Crippen LogP contribution in [-0.4, -0.2) is 23.1 Å². The van der Waals surface area contributed by atoms with Crippen molar-refractivity contribution < 1.29 is 19.2 Å². The maximum absolute atomic E-state index is 12.0. The third kappa shape index (κ3) is 7.03. The van der Waals surface area contributed by atoms with Crippen molar-refractivity contribution in [3.8, 4) is 0 Å². The van der Waals surface area contributed by atoms with Gasteiger partial charge in [-0.1, -0.05) is 86.3 Å². The van der Waals surface area contributed by atoms with E-state index in [2.05, 4.69) is 0 Å². The van der Waals surface area contributed by atoms with Crippen LogP contribution >= 0.6 is 0 Å². The summed E-state index contributed by atoms with van der Waals surface area (Å²) < 4.78 is 0. The van der Waals surface area contributed by atoms with Gasteiger partial charge in [0.05, 0.1) is 0 Å². The van der Waals surface area contributed by atoms with Crippen molar-refractivity contribution in [1.29, 1.82) is 0 Å². The SMILES string of the molecule is O=C(CCCCCCCCC(=O)C(=O)c1ccccc1)C(=O)c1ccccc1. The number of benzene rings is 2. The molecule has 0 saturated carbocycles. The molecule has 0 aliphatic carbocycles. The fourth-order valence-corrected chi connectivity index (χ4v) is 3.01. The minimum absolute atomic E-state index is 0.276. The van der Waals surface area contributed by atoms with Gasteiger partial charge in [0.1, 0.15) is 0 Å². The summed E-state index contributed by atoms with van der Waals surface area (Å²) in [6.45, 7) is 0. The van der Waals surface area contributed by atoms with Crippen molar-refractivity contribution in [2.75, 3.05) is 0 Å². The molecule has 28 heavy (non-hydrogen) atoms. The zero-order chi connectivity index (χ0) is 20.2. The summed E-state index contributed by atoms with van der Waals surface area (Å²) in [5.41, 5.74) is 0.893. The van der Waals surface area contributed by atoms with Crippen molar-refractivity contribution in [2.45, 2.75) is 51.4 Å². The lowest BCUT2D eigenvalue weighted by atomic mass is 10.0. The summed E-state index contributed by atoms with van der Waals surface area (Å²) >= 11 is 0. The van der Waals surface area contributed by atoms with Crippen LogP contribution in [0, 0.1) is 0 Å². The molecule has 4 heteroatoms. The largest absolute Gasteiger partial charge is 0.290 e. The third-order valence-corrected chi connectivity index (χ3v) is 4.64. The van der Waals surface area contributed by atoms with Gasteiger partial charge in [-0.25, -0.2) is 0 Å². The molecule has 0 N–H and O–H groups in total. The smallest absolute Gasteiger partial charge is 0.228 e. The van der Waals surface area contributed by atoms with E-state index >= 15 is 0 Å². The van der Waals surface area contributed by atoms with Gasteiger partial charge in [0.2, 0.25) is 23.1 Å². The number of rotatable bonds is 13. The molecule has 0 atom stereocenters. The molecule has 2 aromatic carbocycles. The Kier molecular flexibility index (Phi) is 8.99. The van der Waals surface area contributed by atoms with Gasteiger partial charge in [-0.05, 0) is 12.8 Å². The van der Waals surface area contributed by atoms with Crippen molar-refractivity contribution in [1.82, 2.24) is 0 Å². The molecule has 2 aromatic rings. The minimum atomic E-state index is -0.415. The first kappa shape index (κ1) is 21.4. The van der Waals surface area contributed by atoms with Crippen LogP contribution in [0.15, 0.2) is 60.7 Å². The van der Waals surface area contributed by atoms with Crippen LogP contribution in [0.2, 0.25) is 0 Å². The number of Topliss-reactive ketones (excluding diaryl/α,β-unsaturated/α-hetero) is 4. The Morgan fingerprint density at radius 1 is 0.464 bits per heavy atom. The zero-order valence-electron chi connectivity index (χ0n) is 16.1. The highest BCUT2D eigenvalue weighted by Crippen LogP contribution is 2.12. The number of hydrogen-bond acceptors (Lipinski definition) is 4. The Morgan fingerprint density at radius 3 is 1.14 bits per heavy atom. The van der Waals surface area contributed by atoms with Crippen molar-refractivity contribution in [3.05, 3.63) is 71.8 Å². The molecule has 0 radical (unpaired) electrons. The van der Waals surface area contributed by atoms with E-state index in [9.17, 15) is 19.2 Å². The fourth-order valence-electron chi connectivity index (χ4n) is 3.01. The molecular formula is C24H26O4. The van der Waals surface area contributed by atoms with Crippen molar-refractivity contribution >= 4 is 23.1 Å². The quantitative estimate of drug-likeness (QED) is 0.279. The summed E-state index contributed by atoms with van der Waals surface area (Å²) in [7, 11) is 0. The molecule has 0 spiro atoms. The maximum atomic E-state index is 12.0. The van der Waals surface area contributed by atoms with E-state index in [1.807, 2.05) is 12.1 Å². The van der Waals surface area contributed by atoms with E-state index in [1.165, 1.54) is 0 Å². The summed E-state index contributed by atoms with van der Waals surface area (Å²) in [6.07, 6.45) is 5.61. The predicted molar refractivity (Wildman–Crippen MR) is 108 cm³/mol. The molecule has 2 rings (SSSR count). The molecule has 0 bridgehead atoms. The fraction of sp³-hybridized carbons (Fsp3) is 0.333. The van der Waals surface area contributed by atoms with Crippen LogP contribution in [0.25, 0.3) is 0 Å². The molecule has 0 heterocycles. The molecule has 0 unspecified atom stereocenters. The number of carbonyl (C=O) groups excluding carboxylic acids is 4. The molecule has 0 aromatic heterocycles. The number of hydrogen-bond donors (Lipinski definition) is 0. The standard InChI is InChI=1S/C24H26O4/c25-21(23(27)19-13-7-5-8-14-19)17-11-3-1-2-4-12-18-22(26)24(28)20-15-9-6-10-16-20/h5-10,13-16H,1-4,11-12,17-18H2. The number of carbonyl (C=O) groups is 4. The molecule has 0 aliphatic rings. The van der Waals surface area contributed by atoms with E-state index in [1.54, 1.807) is 48.5 Å². The second-order valence-electron chi connectivity index (χ2n) is 6.86. The van der Waals surface area contributed by atoms with Gasteiger partial charge in [0.25, 0.3) is 0 Å². The van der Waals surface area contributed by atoms with Crippen LogP contribution in [0.1, 0.15) is 72.1 Å². The first-order chi connectivity index (χ1) is 13.6. The lowest BCUT2D eigenvalue weighted by molar-refractivity contribution is -0.115. The Hall–Kier alpha value is -2.88. The average Bonchev–Trinajstić information content (AvgIpc) is 2.75. The van der Waals surface area contributed by atoms with Crippen LogP contribution in [-0.2, 0) is 9.59 Å². The van der Waals surface area contributed by atoms with Crippen molar-refractivity contribution in [2.24, 2.45) is 0 Å². The zero-order valence-corrected chi connectivity index (χ0v) is 16.1. The summed E-state index contributed by atoms with van der Waals surface area (Å²) in [5.74, 6) is -1.50. The Morgan fingerprint density at radius 2 is 0.786 bits per heavy atom. The molecule has 0 aliphatic heterocycles. The van der Waals surface area contributed by atoms with Crippen LogP contribution in [0.5, 0.6) is 0 Å². The average molecular weight is 378 g/mol. The maximum Gasteiger partial charge on any atom is 0.228 e. The topological polar surface area (TPSA) is 68.3 Å². The van der Waals surface area contributed by atoms with Gasteiger partial charge in [-0.15, -0.1) is 0 Å².